The molecule has 4 nitrogen and oxygen atoms in total. The van der Waals surface area contributed by atoms with Crippen molar-refractivity contribution in [2.24, 2.45) is 5.73 Å². The van der Waals surface area contributed by atoms with Crippen molar-refractivity contribution < 1.29 is 0 Å². The monoisotopic (exact) mass is 256 g/mol. The Hall–Kier alpha value is -0.520. The molecule has 2 heterocycles. The summed E-state index contributed by atoms with van der Waals surface area (Å²) in [6.45, 7) is 1.80. The summed E-state index contributed by atoms with van der Waals surface area (Å²) < 4.78 is 0.883. The van der Waals surface area contributed by atoms with Crippen molar-refractivity contribution in [3.05, 3.63) is 22.7 Å². The molecule has 0 saturated carbocycles. The van der Waals surface area contributed by atoms with Crippen molar-refractivity contribution in [3.63, 3.8) is 0 Å². The average molecular weight is 257 g/mol. The number of hydrogen-bond acceptors (Lipinski definition) is 4. The van der Waals surface area contributed by atoms with Gasteiger partial charge in [-0.05, 0) is 35.3 Å². The minimum absolute atomic E-state index is 0.390. The topological polar surface area (TPSA) is 63.8 Å². The van der Waals surface area contributed by atoms with Crippen LogP contribution in [0.3, 0.4) is 0 Å². The van der Waals surface area contributed by atoms with E-state index in [1.807, 2.05) is 0 Å². The Kier molecular flexibility index (Phi) is 2.80. The Morgan fingerprint density at radius 3 is 2.71 bits per heavy atom. The highest BCUT2D eigenvalue weighted by atomic mass is 79.9. The first-order valence-electron chi connectivity index (χ1n) is 4.68. The van der Waals surface area contributed by atoms with Crippen LogP contribution < -0.4 is 11.1 Å². The number of hydrogen-bond donors (Lipinski definition) is 2. The van der Waals surface area contributed by atoms with Crippen LogP contribution in [0.5, 0.6) is 0 Å². The van der Waals surface area contributed by atoms with Gasteiger partial charge in [-0.15, -0.1) is 0 Å². The minimum atomic E-state index is -0.390. The second-order valence-electron chi connectivity index (χ2n) is 3.66. The van der Waals surface area contributed by atoms with E-state index in [1.54, 1.807) is 12.4 Å². The van der Waals surface area contributed by atoms with E-state index in [9.17, 15) is 0 Å². The van der Waals surface area contributed by atoms with E-state index < -0.39 is 0 Å². The fourth-order valence-corrected chi connectivity index (χ4v) is 1.89. The predicted molar refractivity (Wildman–Crippen MR) is 57.7 cm³/mol. The van der Waals surface area contributed by atoms with Crippen LogP contribution in [0.1, 0.15) is 18.7 Å². The fourth-order valence-electron chi connectivity index (χ4n) is 1.69. The normalized spacial score (nSPS) is 27.6. The lowest BCUT2D eigenvalue weighted by molar-refractivity contribution is 0.306. The van der Waals surface area contributed by atoms with Gasteiger partial charge >= 0.3 is 0 Å². The van der Waals surface area contributed by atoms with Gasteiger partial charge in [0.05, 0.1) is 10.0 Å². The molecule has 0 aromatic carbocycles. The summed E-state index contributed by atoms with van der Waals surface area (Å²) in [5.74, 6) is 0.730. The van der Waals surface area contributed by atoms with Crippen molar-refractivity contribution in [3.8, 4) is 0 Å². The van der Waals surface area contributed by atoms with Gasteiger partial charge < -0.3 is 11.1 Å². The van der Waals surface area contributed by atoms with E-state index in [2.05, 4.69) is 31.2 Å². The van der Waals surface area contributed by atoms with Gasteiger partial charge in [-0.1, -0.05) is 0 Å². The first kappa shape index (κ1) is 10.0. The van der Waals surface area contributed by atoms with Crippen molar-refractivity contribution in [2.45, 2.75) is 18.4 Å². The predicted octanol–water partition coefficient (Wildman–Crippen LogP) is 0.776. The third-order valence-corrected chi connectivity index (χ3v) is 2.89. The van der Waals surface area contributed by atoms with E-state index >= 15 is 0 Å². The highest BCUT2D eigenvalue weighted by Crippen LogP contribution is 2.22. The molecule has 0 aliphatic carbocycles. The lowest BCUT2D eigenvalue weighted by Gasteiger charge is -2.32. The number of piperidine rings is 1. The van der Waals surface area contributed by atoms with Crippen molar-refractivity contribution >= 4 is 15.9 Å². The third kappa shape index (κ3) is 1.94. The van der Waals surface area contributed by atoms with Crippen LogP contribution in [-0.4, -0.2) is 23.1 Å². The second-order valence-corrected chi connectivity index (χ2v) is 4.58. The van der Waals surface area contributed by atoms with Crippen molar-refractivity contribution in [2.75, 3.05) is 13.1 Å². The zero-order valence-electron chi connectivity index (χ0n) is 7.83. The van der Waals surface area contributed by atoms with Crippen molar-refractivity contribution in [1.82, 2.24) is 15.3 Å². The van der Waals surface area contributed by atoms with Crippen molar-refractivity contribution in [1.29, 1.82) is 0 Å². The molecule has 0 radical (unpaired) electrons. The number of rotatable bonds is 1. The minimum Gasteiger partial charge on any atom is -0.318 e. The molecule has 0 amide bonds. The molecule has 1 unspecified atom stereocenters. The summed E-state index contributed by atoms with van der Waals surface area (Å²) in [7, 11) is 0. The van der Waals surface area contributed by atoms with Crippen LogP contribution in [-0.2, 0) is 5.54 Å². The van der Waals surface area contributed by atoms with E-state index in [-0.39, 0.29) is 5.54 Å². The quantitative estimate of drug-likeness (QED) is 0.780. The Morgan fingerprint density at radius 1 is 1.43 bits per heavy atom. The van der Waals surface area contributed by atoms with Crippen LogP contribution in [0, 0.1) is 0 Å². The fraction of sp³-hybridized carbons (Fsp3) is 0.556. The van der Waals surface area contributed by atoms with E-state index in [4.69, 9.17) is 5.73 Å². The maximum Gasteiger partial charge on any atom is 0.149 e. The van der Waals surface area contributed by atoms with E-state index in [0.29, 0.717) is 0 Å². The molecule has 1 aliphatic heterocycles. The van der Waals surface area contributed by atoms with E-state index in [0.717, 1.165) is 36.2 Å². The lowest BCUT2D eigenvalue weighted by Crippen LogP contribution is -2.51. The number of nitrogens with two attached hydrogens (primary N) is 1. The van der Waals surface area contributed by atoms with Gasteiger partial charge in [0.2, 0.25) is 0 Å². The molecule has 0 bridgehead atoms. The smallest absolute Gasteiger partial charge is 0.149 e. The summed E-state index contributed by atoms with van der Waals surface area (Å²) in [4.78, 5) is 8.50. The molecular formula is C9H13BrN4. The maximum atomic E-state index is 6.23. The summed E-state index contributed by atoms with van der Waals surface area (Å²) in [6, 6.07) is 0. The van der Waals surface area contributed by atoms with E-state index in [1.165, 1.54) is 0 Å². The molecule has 14 heavy (non-hydrogen) atoms. The molecule has 1 fully saturated rings. The molecule has 1 saturated heterocycles. The van der Waals surface area contributed by atoms with Gasteiger partial charge in [0.15, 0.2) is 0 Å². The Morgan fingerprint density at radius 2 is 2.14 bits per heavy atom. The molecular weight excluding hydrogens is 244 g/mol. The standard InChI is InChI=1S/C9H13BrN4/c10-7-4-13-8(14-5-7)9(11)2-1-3-12-6-9/h4-5,12H,1-3,6,11H2. The molecule has 5 heteroatoms. The first-order chi connectivity index (χ1) is 6.71. The second kappa shape index (κ2) is 3.92. The molecule has 1 aromatic heterocycles. The Balaban J connectivity index is 2.23. The summed E-state index contributed by atoms with van der Waals surface area (Å²) in [6.07, 6.45) is 5.51. The van der Waals surface area contributed by atoms with Gasteiger partial charge in [0, 0.05) is 18.9 Å². The van der Waals surface area contributed by atoms with Crippen LogP contribution in [0.25, 0.3) is 0 Å². The Labute approximate surface area is 91.4 Å². The third-order valence-electron chi connectivity index (χ3n) is 2.48. The number of halogens is 1. The Bertz CT molecular complexity index is 305. The number of nitrogens with zero attached hydrogens (tertiary/aromatic N) is 2. The summed E-state index contributed by atoms with van der Waals surface area (Å²) in [5, 5.41) is 3.27. The highest BCUT2D eigenvalue weighted by molar-refractivity contribution is 9.10. The van der Waals surface area contributed by atoms with Crippen LogP contribution in [0.15, 0.2) is 16.9 Å². The molecule has 1 atom stereocenters. The molecule has 2 rings (SSSR count). The lowest BCUT2D eigenvalue weighted by atomic mass is 9.90. The molecule has 1 aliphatic rings. The largest absolute Gasteiger partial charge is 0.318 e. The first-order valence-corrected chi connectivity index (χ1v) is 5.48. The number of aromatic nitrogens is 2. The zero-order valence-corrected chi connectivity index (χ0v) is 9.42. The van der Waals surface area contributed by atoms with Gasteiger partial charge in [0.1, 0.15) is 5.82 Å². The molecule has 0 spiro atoms. The molecule has 76 valence electrons. The summed E-state index contributed by atoms with van der Waals surface area (Å²) >= 11 is 3.31. The van der Waals surface area contributed by atoms with Crippen LogP contribution in [0.2, 0.25) is 0 Å². The van der Waals surface area contributed by atoms with Crippen LogP contribution >= 0.6 is 15.9 Å². The summed E-state index contributed by atoms with van der Waals surface area (Å²) in [5.41, 5.74) is 5.84. The van der Waals surface area contributed by atoms with Gasteiger partial charge in [0.25, 0.3) is 0 Å². The SMILES string of the molecule is NC1(c2ncc(Br)cn2)CCCNC1. The average Bonchev–Trinajstić information content (AvgIpc) is 2.19. The maximum absolute atomic E-state index is 6.23. The van der Waals surface area contributed by atoms with Gasteiger partial charge in [-0.25, -0.2) is 9.97 Å². The van der Waals surface area contributed by atoms with Gasteiger partial charge in [-0.2, -0.15) is 0 Å². The molecule has 3 N–H and O–H groups in total. The molecule has 1 aromatic rings. The van der Waals surface area contributed by atoms with Gasteiger partial charge in [-0.3, -0.25) is 0 Å². The van der Waals surface area contributed by atoms with Crippen LogP contribution in [0.4, 0.5) is 0 Å². The highest BCUT2D eigenvalue weighted by Gasteiger charge is 2.31. The number of nitrogens with one attached hydrogen (secondary N) is 1. The zero-order chi connectivity index (χ0) is 10.0.